The summed E-state index contributed by atoms with van der Waals surface area (Å²) in [6, 6.07) is 11.5. The molecule has 0 spiro atoms. The normalized spacial score (nSPS) is 10.8. The Labute approximate surface area is 184 Å². The van der Waals surface area contributed by atoms with E-state index in [1.807, 2.05) is 13.8 Å². The number of nitrogens with zero attached hydrogens (tertiary/aromatic N) is 1. The van der Waals surface area contributed by atoms with Crippen LogP contribution in [-0.4, -0.2) is 31.3 Å². The molecule has 0 atom stereocenters. The van der Waals surface area contributed by atoms with Gasteiger partial charge in [0.15, 0.2) is 11.5 Å². The fraction of sp³-hybridized carbons (Fsp3) is 0.304. The van der Waals surface area contributed by atoms with Crippen molar-refractivity contribution in [2.24, 2.45) is 0 Å². The third-order valence-electron chi connectivity index (χ3n) is 4.82. The maximum Gasteiger partial charge on any atom is 0.387 e. The topological polar surface area (TPSA) is 82.8 Å². The number of aromatic nitrogens is 1. The summed E-state index contributed by atoms with van der Waals surface area (Å²) in [7, 11) is 1.38. The number of benzene rings is 2. The van der Waals surface area contributed by atoms with Crippen molar-refractivity contribution in [3.63, 3.8) is 0 Å². The molecule has 2 aromatic carbocycles. The second-order valence-electron chi connectivity index (χ2n) is 6.99. The number of hydrogen-bond donors (Lipinski definition) is 1. The van der Waals surface area contributed by atoms with Gasteiger partial charge in [-0.2, -0.15) is 8.78 Å². The third kappa shape index (κ3) is 5.96. The number of carbonyl (C=O) groups excluding carboxylic acids is 1. The predicted octanol–water partition coefficient (Wildman–Crippen LogP) is 4.45. The monoisotopic (exact) mass is 446 g/mol. The number of ether oxygens (including phenoxy) is 3. The zero-order valence-electron chi connectivity index (χ0n) is 18.0. The Bertz CT molecular complexity index is 1030. The van der Waals surface area contributed by atoms with Gasteiger partial charge in [0, 0.05) is 12.1 Å². The van der Waals surface area contributed by atoms with Gasteiger partial charge in [0.2, 0.25) is 0 Å². The lowest BCUT2D eigenvalue weighted by Crippen LogP contribution is -2.25. The maximum absolute atomic E-state index is 12.5. The van der Waals surface area contributed by atoms with Crippen LogP contribution in [0.25, 0.3) is 0 Å². The van der Waals surface area contributed by atoms with Crippen molar-refractivity contribution in [2.45, 2.75) is 33.5 Å². The van der Waals surface area contributed by atoms with Crippen LogP contribution >= 0.6 is 0 Å². The molecule has 7 nitrogen and oxygen atoms in total. The minimum absolute atomic E-state index is 0.0431. The smallest absolute Gasteiger partial charge is 0.387 e. The summed E-state index contributed by atoms with van der Waals surface area (Å²) in [5, 5.41) is 6.69. The van der Waals surface area contributed by atoms with Crippen LogP contribution in [0.15, 0.2) is 47.0 Å². The van der Waals surface area contributed by atoms with E-state index in [-0.39, 0.29) is 17.4 Å². The Kier molecular flexibility index (Phi) is 7.64. The van der Waals surface area contributed by atoms with Gasteiger partial charge in [0.05, 0.1) is 18.4 Å². The van der Waals surface area contributed by atoms with Crippen LogP contribution in [0.5, 0.6) is 17.2 Å². The molecule has 0 aliphatic rings. The van der Waals surface area contributed by atoms with Crippen LogP contribution in [-0.2, 0) is 13.0 Å². The van der Waals surface area contributed by atoms with E-state index in [0.29, 0.717) is 36.6 Å². The maximum atomic E-state index is 12.5. The Morgan fingerprint density at radius 1 is 1.12 bits per heavy atom. The van der Waals surface area contributed by atoms with E-state index < -0.39 is 6.61 Å². The van der Waals surface area contributed by atoms with Crippen LogP contribution in [0.3, 0.4) is 0 Å². The molecule has 170 valence electrons. The van der Waals surface area contributed by atoms with Gasteiger partial charge in [0.1, 0.15) is 18.1 Å². The zero-order valence-corrected chi connectivity index (χ0v) is 18.0. The first-order chi connectivity index (χ1) is 15.4. The number of hydrogen-bond acceptors (Lipinski definition) is 6. The highest BCUT2D eigenvalue weighted by atomic mass is 19.3. The Balaban J connectivity index is 1.51. The summed E-state index contributed by atoms with van der Waals surface area (Å²) < 4.78 is 45.4. The van der Waals surface area contributed by atoms with Gasteiger partial charge in [-0.15, -0.1) is 0 Å². The van der Waals surface area contributed by atoms with Crippen molar-refractivity contribution in [2.75, 3.05) is 13.7 Å². The number of halogens is 2. The Morgan fingerprint density at radius 2 is 1.88 bits per heavy atom. The molecule has 0 aliphatic heterocycles. The highest BCUT2D eigenvalue weighted by molar-refractivity contribution is 5.94. The molecule has 0 saturated carbocycles. The summed E-state index contributed by atoms with van der Waals surface area (Å²) in [5.41, 5.74) is 2.88. The standard InChI is InChI=1S/C23H24F2N2O5/c1-14-19(15(2)32-27-14)13-30-18-7-5-17(6-8-18)22(28)26-11-10-16-4-9-20(29-3)21(12-16)31-23(24)25/h4-9,12,23H,10-11,13H2,1-3H3,(H,26,28). The van der Waals surface area contributed by atoms with E-state index in [2.05, 4.69) is 15.2 Å². The highest BCUT2D eigenvalue weighted by Crippen LogP contribution is 2.29. The largest absolute Gasteiger partial charge is 0.493 e. The van der Waals surface area contributed by atoms with E-state index in [0.717, 1.165) is 16.8 Å². The number of nitrogens with one attached hydrogen (secondary N) is 1. The first kappa shape index (κ1) is 23.1. The van der Waals surface area contributed by atoms with Crippen LogP contribution in [0.2, 0.25) is 0 Å². The number of carbonyl (C=O) groups is 1. The van der Waals surface area contributed by atoms with E-state index in [1.54, 1.807) is 36.4 Å². The van der Waals surface area contributed by atoms with E-state index in [4.69, 9.17) is 14.0 Å². The second kappa shape index (κ2) is 10.6. The summed E-state index contributed by atoms with van der Waals surface area (Å²) in [4.78, 5) is 12.4. The fourth-order valence-electron chi connectivity index (χ4n) is 3.05. The fourth-order valence-corrected chi connectivity index (χ4v) is 3.05. The third-order valence-corrected chi connectivity index (χ3v) is 4.82. The summed E-state index contributed by atoms with van der Waals surface area (Å²) in [5.74, 6) is 1.25. The van der Waals surface area contributed by atoms with Crippen LogP contribution in [0, 0.1) is 13.8 Å². The summed E-state index contributed by atoms with van der Waals surface area (Å²) in [6.07, 6.45) is 0.438. The average molecular weight is 446 g/mol. The van der Waals surface area contributed by atoms with Crippen molar-refractivity contribution < 1.29 is 32.3 Å². The van der Waals surface area contributed by atoms with Gasteiger partial charge in [-0.3, -0.25) is 4.79 Å². The molecule has 0 fully saturated rings. The van der Waals surface area contributed by atoms with E-state index in [9.17, 15) is 13.6 Å². The van der Waals surface area contributed by atoms with Crippen molar-refractivity contribution >= 4 is 5.91 Å². The minimum Gasteiger partial charge on any atom is -0.493 e. The number of aryl methyl sites for hydroxylation is 2. The Morgan fingerprint density at radius 3 is 2.50 bits per heavy atom. The van der Waals surface area contributed by atoms with E-state index >= 15 is 0 Å². The lowest BCUT2D eigenvalue weighted by molar-refractivity contribution is -0.0512. The molecule has 0 aliphatic carbocycles. The quantitative estimate of drug-likeness (QED) is 0.495. The lowest BCUT2D eigenvalue weighted by atomic mass is 10.1. The van der Waals surface area contributed by atoms with Gasteiger partial charge in [0.25, 0.3) is 5.91 Å². The second-order valence-corrected chi connectivity index (χ2v) is 6.99. The van der Waals surface area contributed by atoms with Crippen LogP contribution in [0.1, 0.15) is 32.9 Å². The van der Waals surface area contributed by atoms with Gasteiger partial charge in [-0.05, 0) is 62.2 Å². The molecule has 0 bridgehead atoms. The first-order valence-electron chi connectivity index (χ1n) is 9.92. The molecule has 3 aromatic rings. The predicted molar refractivity (Wildman–Crippen MR) is 112 cm³/mol. The van der Waals surface area contributed by atoms with Crippen molar-refractivity contribution in [1.29, 1.82) is 0 Å². The van der Waals surface area contributed by atoms with Gasteiger partial charge < -0.3 is 24.1 Å². The molecular weight excluding hydrogens is 422 g/mol. The van der Waals surface area contributed by atoms with Crippen molar-refractivity contribution in [3.8, 4) is 17.2 Å². The molecule has 1 aromatic heterocycles. The van der Waals surface area contributed by atoms with Crippen molar-refractivity contribution in [1.82, 2.24) is 10.5 Å². The lowest BCUT2D eigenvalue weighted by Gasteiger charge is -2.12. The Hall–Kier alpha value is -3.62. The molecule has 0 unspecified atom stereocenters. The molecule has 3 rings (SSSR count). The molecular formula is C23H24F2N2O5. The number of methoxy groups -OCH3 is 1. The molecule has 1 N–H and O–H groups in total. The van der Waals surface area contributed by atoms with Gasteiger partial charge in [-0.1, -0.05) is 11.2 Å². The van der Waals surface area contributed by atoms with Crippen LogP contribution < -0.4 is 19.5 Å². The SMILES string of the molecule is COc1ccc(CCNC(=O)c2ccc(OCc3c(C)noc3C)cc2)cc1OC(F)F. The van der Waals surface area contributed by atoms with Crippen molar-refractivity contribution in [3.05, 3.63) is 70.6 Å². The zero-order chi connectivity index (χ0) is 23.1. The van der Waals surface area contributed by atoms with Gasteiger partial charge >= 0.3 is 6.61 Å². The molecule has 9 heteroatoms. The molecule has 1 amide bonds. The summed E-state index contributed by atoms with van der Waals surface area (Å²) >= 11 is 0. The molecule has 1 heterocycles. The minimum atomic E-state index is -2.95. The van der Waals surface area contributed by atoms with E-state index in [1.165, 1.54) is 13.2 Å². The molecule has 32 heavy (non-hydrogen) atoms. The average Bonchev–Trinajstić information content (AvgIpc) is 3.09. The molecule has 0 saturated heterocycles. The molecule has 0 radical (unpaired) electrons. The number of rotatable bonds is 10. The summed E-state index contributed by atoms with van der Waals surface area (Å²) in [6.45, 7) is 1.37. The first-order valence-corrected chi connectivity index (χ1v) is 9.92. The number of alkyl halides is 2. The van der Waals surface area contributed by atoms with Crippen LogP contribution in [0.4, 0.5) is 8.78 Å². The number of amides is 1. The van der Waals surface area contributed by atoms with Gasteiger partial charge in [-0.25, -0.2) is 0 Å². The highest BCUT2D eigenvalue weighted by Gasteiger charge is 2.12.